The topological polar surface area (TPSA) is 89.0 Å². The van der Waals surface area contributed by atoms with Crippen LogP contribution in [0, 0.1) is 0 Å². The van der Waals surface area contributed by atoms with Crippen molar-refractivity contribution >= 4 is 23.4 Å². The maximum absolute atomic E-state index is 11.5. The first-order valence-electron chi connectivity index (χ1n) is 8.12. The average Bonchev–Trinajstić information content (AvgIpc) is 2.69. The van der Waals surface area contributed by atoms with Crippen molar-refractivity contribution in [2.45, 2.75) is 13.0 Å². The van der Waals surface area contributed by atoms with E-state index in [-0.39, 0.29) is 12.0 Å². The van der Waals surface area contributed by atoms with E-state index in [0.717, 1.165) is 11.3 Å². The predicted octanol–water partition coefficient (Wildman–Crippen LogP) is 3.57. The average molecular weight is 349 g/mol. The molecule has 1 atom stereocenters. The van der Waals surface area contributed by atoms with Gasteiger partial charge in [0.05, 0.1) is 24.9 Å². The maximum atomic E-state index is 11.5. The van der Waals surface area contributed by atoms with Crippen LogP contribution in [0.5, 0.6) is 0 Å². The van der Waals surface area contributed by atoms with Crippen LogP contribution in [0.2, 0.25) is 0 Å². The molecule has 0 aliphatic rings. The Morgan fingerprint density at radius 3 is 2.50 bits per heavy atom. The molecule has 1 unspecified atom stereocenters. The summed E-state index contributed by atoms with van der Waals surface area (Å²) in [6.45, 7) is 2.03. The Labute approximate surface area is 151 Å². The number of hydrogen-bond donors (Lipinski definition) is 2. The number of anilines is 3. The number of esters is 1. The lowest BCUT2D eigenvalue weighted by atomic mass is 10.1. The quantitative estimate of drug-likeness (QED) is 0.658. The molecule has 0 bridgehead atoms. The van der Waals surface area contributed by atoms with E-state index in [1.165, 1.54) is 13.3 Å². The van der Waals surface area contributed by atoms with Crippen LogP contribution in [0.3, 0.4) is 0 Å². The number of ether oxygens (including phenoxy) is 1. The van der Waals surface area contributed by atoms with Gasteiger partial charge in [0.1, 0.15) is 0 Å². The molecule has 2 N–H and O–H groups in total. The van der Waals surface area contributed by atoms with Crippen molar-refractivity contribution in [2.24, 2.45) is 0 Å². The Hall–Kier alpha value is -3.48. The van der Waals surface area contributed by atoms with E-state index >= 15 is 0 Å². The minimum absolute atomic E-state index is 0.0487. The highest BCUT2D eigenvalue weighted by Gasteiger charge is 2.08. The van der Waals surface area contributed by atoms with Crippen molar-refractivity contribution in [2.75, 3.05) is 17.7 Å². The molecule has 0 radical (unpaired) electrons. The van der Waals surface area contributed by atoms with Gasteiger partial charge >= 0.3 is 5.97 Å². The number of rotatable bonds is 6. The Balaban J connectivity index is 1.68. The molecule has 0 saturated carbocycles. The summed E-state index contributed by atoms with van der Waals surface area (Å²) in [5, 5.41) is 14.4. The van der Waals surface area contributed by atoms with Gasteiger partial charge in [0.15, 0.2) is 5.82 Å². The standard InChI is InChI=1S/C19H19N5O2/c1-13(14-6-4-3-5-7-14)21-19-23-17(12-20-24-19)22-16-10-8-15(9-11-16)18(25)26-2/h3-13H,1-2H3,(H2,21,22,23,24). The summed E-state index contributed by atoms with van der Waals surface area (Å²) >= 11 is 0. The summed E-state index contributed by atoms with van der Waals surface area (Å²) in [6.07, 6.45) is 1.53. The molecule has 0 saturated heterocycles. The van der Waals surface area contributed by atoms with E-state index in [9.17, 15) is 4.79 Å². The van der Waals surface area contributed by atoms with E-state index in [1.54, 1.807) is 24.3 Å². The van der Waals surface area contributed by atoms with Gasteiger partial charge in [-0.2, -0.15) is 10.1 Å². The van der Waals surface area contributed by atoms with Gasteiger partial charge in [0.25, 0.3) is 0 Å². The first-order chi connectivity index (χ1) is 12.7. The van der Waals surface area contributed by atoms with Gasteiger partial charge < -0.3 is 15.4 Å². The number of aromatic nitrogens is 3. The lowest BCUT2D eigenvalue weighted by molar-refractivity contribution is 0.0601. The van der Waals surface area contributed by atoms with Crippen LogP contribution < -0.4 is 10.6 Å². The summed E-state index contributed by atoms with van der Waals surface area (Å²) in [4.78, 5) is 15.9. The second-order valence-electron chi connectivity index (χ2n) is 5.64. The summed E-state index contributed by atoms with van der Waals surface area (Å²) in [7, 11) is 1.35. The van der Waals surface area contributed by atoms with Gasteiger partial charge in [-0.25, -0.2) is 4.79 Å². The lowest BCUT2D eigenvalue weighted by Gasteiger charge is -2.14. The van der Waals surface area contributed by atoms with Crippen molar-refractivity contribution in [3.8, 4) is 0 Å². The molecule has 0 aliphatic carbocycles. The molecule has 132 valence electrons. The lowest BCUT2D eigenvalue weighted by Crippen LogP contribution is -2.10. The van der Waals surface area contributed by atoms with Crippen molar-refractivity contribution < 1.29 is 9.53 Å². The van der Waals surface area contributed by atoms with Crippen molar-refractivity contribution in [3.05, 3.63) is 71.9 Å². The number of carbonyl (C=O) groups is 1. The maximum Gasteiger partial charge on any atom is 0.337 e. The molecule has 26 heavy (non-hydrogen) atoms. The van der Waals surface area contributed by atoms with Crippen LogP contribution in [0.4, 0.5) is 17.5 Å². The summed E-state index contributed by atoms with van der Waals surface area (Å²) < 4.78 is 4.69. The molecule has 1 aromatic heterocycles. The minimum Gasteiger partial charge on any atom is -0.465 e. The van der Waals surface area contributed by atoms with Gasteiger partial charge in [0, 0.05) is 5.69 Å². The molecule has 7 heteroatoms. The van der Waals surface area contributed by atoms with Gasteiger partial charge in [-0.05, 0) is 36.8 Å². The van der Waals surface area contributed by atoms with Crippen LogP contribution in [0.1, 0.15) is 28.9 Å². The fraction of sp³-hybridized carbons (Fsp3) is 0.158. The smallest absolute Gasteiger partial charge is 0.337 e. The van der Waals surface area contributed by atoms with E-state index in [1.807, 2.05) is 37.3 Å². The minimum atomic E-state index is -0.373. The van der Waals surface area contributed by atoms with E-state index in [4.69, 9.17) is 0 Å². The molecular formula is C19H19N5O2. The molecule has 0 fully saturated rings. The van der Waals surface area contributed by atoms with Crippen molar-refractivity contribution in [1.29, 1.82) is 0 Å². The summed E-state index contributed by atoms with van der Waals surface area (Å²) in [6, 6.07) is 17.0. The molecule has 3 rings (SSSR count). The van der Waals surface area contributed by atoms with E-state index < -0.39 is 0 Å². The third-order valence-electron chi connectivity index (χ3n) is 3.78. The zero-order chi connectivity index (χ0) is 18.4. The largest absolute Gasteiger partial charge is 0.465 e. The third kappa shape index (κ3) is 4.32. The molecule has 7 nitrogen and oxygen atoms in total. The zero-order valence-electron chi connectivity index (χ0n) is 14.5. The highest BCUT2D eigenvalue weighted by molar-refractivity contribution is 5.89. The Morgan fingerprint density at radius 2 is 1.81 bits per heavy atom. The molecule has 0 aliphatic heterocycles. The number of nitrogens with zero attached hydrogens (tertiary/aromatic N) is 3. The van der Waals surface area contributed by atoms with Crippen LogP contribution in [-0.2, 0) is 4.74 Å². The Kier molecular flexibility index (Phi) is 5.38. The monoisotopic (exact) mass is 349 g/mol. The summed E-state index contributed by atoms with van der Waals surface area (Å²) in [5.41, 5.74) is 2.39. The van der Waals surface area contributed by atoms with E-state index in [2.05, 4.69) is 30.6 Å². The molecule has 0 spiro atoms. The van der Waals surface area contributed by atoms with Crippen LogP contribution >= 0.6 is 0 Å². The van der Waals surface area contributed by atoms with Crippen molar-refractivity contribution in [1.82, 2.24) is 15.2 Å². The molecule has 1 heterocycles. The number of carbonyl (C=O) groups excluding carboxylic acids is 1. The summed E-state index contributed by atoms with van der Waals surface area (Å²) in [5.74, 6) is 0.604. The van der Waals surface area contributed by atoms with Gasteiger partial charge in [0.2, 0.25) is 5.95 Å². The fourth-order valence-electron chi connectivity index (χ4n) is 2.40. The molecule has 3 aromatic rings. The Morgan fingerprint density at radius 1 is 1.08 bits per heavy atom. The fourth-order valence-corrected chi connectivity index (χ4v) is 2.40. The first-order valence-corrected chi connectivity index (χ1v) is 8.12. The van der Waals surface area contributed by atoms with Crippen molar-refractivity contribution in [3.63, 3.8) is 0 Å². The number of nitrogens with one attached hydrogen (secondary N) is 2. The number of benzene rings is 2. The highest BCUT2D eigenvalue weighted by Crippen LogP contribution is 2.19. The highest BCUT2D eigenvalue weighted by atomic mass is 16.5. The third-order valence-corrected chi connectivity index (χ3v) is 3.78. The number of methoxy groups -OCH3 is 1. The molecule has 2 aromatic carbocycles. The van der Waals surface area contributed by atoms with Crippen LogP contribution in [0.25, 0.3) is 0 Å². The number of hydrogen-bond acceptors (Lipinski definition) is 7. The molecular weight excluding hydrogens is 330 g/mol. The van der Waals surface area contributed by atoms with E-state index in [0.29, 0.717) is 17.3 Å². The Bertz CT molecular complexity index is 869. The predicted molar refractivity (Wildman–Crippen MR) is 99.4 cm³/mol. The van der Waals surface area contributed by atoms with Crippen LogP contribution in [-0.4, -0.2) is 28.3 Å². The van der Waals surface area contributed by atoms with Crippen LogP contribution in [0.15, 0.2) is 60.8 Å². The van der Waals surface area contributed by atoms with Gasteiger partial charge in [-0.15, -0.1) is 5.10 Å². The van der Waals surface area contributed by atoms with Gasteiger partial charge in [-0.3, -0.25) is 0 Å². The molecule has 0 amide bonds. The first kappa shape index (κ1) is 17.3. The zero-order valence-corrected chi connectivity index (χ0v) is 14.5. The SMILES string of the molecule is COC(=O)c1ccc(Nc2cnnc(NC(C)c3ccccc3)n2)cc1. The second-order valence-corrected chi connectivity index (χ2v) is 5.64. The second kappa shape index (κ2) is 8.06. The van der Waals surface area contributed by atoms with Gasteiger partial charge in [-0.1, -0.05) is 30.3 Å². The normalized spacial score (nSPS) is 11.5.